The minimum Gasteiger partial charge on any atom is -0.461 e. The van der Waals surface area contributed by atoms with Gasteiger partial charge < -0.3 is 9.47 Å². The monoisotopic (exact) mass is 694 g/mol. The third kappa shape index (κ3) is 5.87. The van der Waals surface area contributed by atoms with Gasteiger partial charge in [-0.25, -0.2) is 9.98 Å². The van der Waals surface area contributed by atoms with E-state index in [0.29, 0.717) is 11.8 Å². The maximum absolute atomic E-state index is 7.52. The second-order valence-corrected chi connectivity index (χ2v) is 15.3. The van der Waals surface area contributed by atoms with Crippen LogP contribution in [0, 0.1) is 33.1 Å². The Kier molecular flexibility index (Phi) is 8.65. The van der Waals surface area contributed by atoms with E-state index in [4.69, 9.17) is 19.5 Å². The van der Waals surface area contributed by atoms with Gasteiger partial charge in [0.05, 0.1) is 0 Å². The van der Waals surface area contributed by atoms with Gasteiger partial charge in [0.1, 0.15) is 17.5 Å². The fraction of sp³-hybridized carbons (Fsp3) is 0.224. The van der Waals surface area contributed by atoms with E-state index < -0.39 is 16.6 Å². The van der Waals surface area contributed by atoms with Gasteiger partial charge in [-0.2, -0.15) is 0 Å². The Bertz CT molecular complexity index is 2080. The summed E-state index contributed by atoms with van der Waals surface area (Å²) in [5.74, 6) is 1.17. The van der Waals surface area contributed by atoms with Gasteiger partial charge in [-0.15, -0.1) is 0 Å². The van der Waals surface area contributed by atoms with Crippen LogP contribution in [0.3, 0.4) is 0 Å². The first-order valence-electron chi connectivity index (χ1n) is 18.5. The van der Waals surface area contributed by atoms with E-state index in [2.05, 4.69) is 199 Å². The SMILES string of the molecule is Cc1cccc(C2(c3cccc(C)c3)OC(C(C)(C)C3=N[C@H](c4ccccc4)C(c4cccc(C)c4)(c4cccc(C)c4)O3)=N[C@@H]2c2ccccc2)c1. The maximum Gasteiger partial charge on any atom is 0.200 e. The molecule has 0 unspecified atom stereocenters. The molecule has 0 aromatic heterocycles. The number of rotatable bonds is 8. The summed E-state index contributed by atoms with van der Waals surface area (Å²) in [6.07, 6.45) is 0. The second-order valence-electron chi connectivity index (χ2n) is 15.3. The van der Waals surface area contributed by atoms with E-state index in [9.17, 15) is 0 Å². The Labute approximate surface area is 313 Å². The highest BCUT2D eigenvalue weighted by molar-refractivity contribution is 6.06. The van der Waals surface area contributed by atoms with Gasteiger partial charge >= 0.3 is 0 Å². The summed E-state index contributed by atoms with van der Waals surface area (Å²) in [5, 5.41) is 0. The number of hydrogen-bond acceptors (Lipinski definition) is 4. The smallest absolute Gasteiger partial charge is 0.200 e. The van der Waals surface area contributed by atoms with Crippen LogP contribution in [0.5, 0.6) is 0 Å². The molecule has 0 saturated heterocycles. The molecule has 4 nitrogen and oxygen atoms in total. The van der Waals surface area contributed by atoms with Crippen molar-refractivity contribution in [2.24, 2.45) is 15.4 Å². The number of ether oxygens (including phenoxy) is 2. The van der Waals surface area contributed by atoms with E-state index in [1.807, 2.05) is 0 Å². The highest BCUT2D eigenvalue weighted by atomic mass is 16.5. The fourth-order valence-electron chi connectivity index (χ4n) is 8.15. The maximum atomic E-state index is 7.52. The lowest BCUT2D eigenvalue weighted by Gasteiger charge is -2.38. The van der Waals surface area contributed by atoms with E-state index in [1.54, 1.807) is 0 Å². The van der Waals surface area contributed by atoms with Gasteiger partial charge in [0.15, 0.2) is 11.2 Å². The molecule has 8 rings (SSSR count). The molecule has 6 aromatic carbocycles. The second kappa shape index (κ2) is 13.3. The average Bonchev–Trinajstić information content (AvgIpc) is 3.79. The van der Waals surface area contributed by atoms with Gasteiger partial charge in [0.2, 0.25) is 11.8 Å². The van der Waals surface area contributed by atoms with Gasteiger partial charge in [-0.1, -0.05) is 180 Å². The summed E-state index contributed by atoms with van der Waals surface area (Å²) in [5.41, 5.74) is 8.27. The molecule has 0 aliphatic carbocycles. The van der Waals surface area contributed by atoms with Crippen LogP contribution in [-0.2, 0) is 20.7 Å². The Morgan fingerprint density at radius 3 is 1.00 bits per heavy atom. The molecule has 0 N–H and O–H groups in total. The minimum absolute atomic E-state index is 0.369. The van der Waals surface area contributed by atoms with Crippen molar-refractivity contribution in [2.75, 3.05) is 0 Å². The quantitative estimate of drug-likeness (QED) is 0.159. The fourth-order valence-corrected chi connectivity index (χ4v) is 8.15. The van der Waals surface area contributed by atoms with Crippen molar-refractivity contribution in [3.8, 4) is 0 Å². The zero-order valence-electron chi connectivity index (χ0n) is 31.4. The van der Waals surface area contributed by atoms with Gasteiger partial charge in [0.25, 0.3) is 0 Å². The highest BCUT2D eigenvalue weighted by Gasteiger charge is 2.58. The summed E-state index contributed by atoms with van der Waals surface area (Å²) in [4.78, 5) is 11.2. The summed E-state index contributed by atoms with van der Waals surface area (Å²) >= 11 is 0. The third-order valence-corrected chi connectivity index (χ3v) is 10.9. The summed E-state index contributed by atoms with van der Waals surface area (Å²) in [6.45, 7) is 12.8. The lowest BCUT2D eigenvalue weighted by molar-refractivity contribution is 0.0731. The van der Waals surface area contributed by atoms with Gasteiger partial charge in [0, 0.05) is 22.3 Å². The van der Waals surface area contributed by atoms with Crippen LogP contribution in [0.2, 0.25) is 0 Å². The number of benzene rings is 6. The Balaban J connectivity index is 1.34. The molecule has 0 saturated carbocycles. The summed E-state index contributed by atoms with van der Waals surface area (Å²) < 4.78 is 15.0. The number of nitrogens with zero attached hydrogens (tertiary/aromatic N) is 2. The highest BCUT2D eigenvalue weighted by Crippen LogP contribution is 2.56. The topological polar surface area (TPSA) is 43.2 Å². The van der Waals surface area contributed by atoms with Crippen molar-refractivity contribution in [3.05, 3.63) is 213 Å². The molecule has 2 heterocycles. The van der Waals surface area contributed by atoms with Crippen molar-refractivity contribution in [3.63, 3.8) is 0 Å². The molecule has 2 aliphatic heterocycles. The minimum atomic E-state index is -0.936. The molecule has 0 radical (unpaired) electrons. The summed E-state index contributed by atoms with van der Waals surface area (Å²) in [7, 11) is 0. The Morgan fingerprint density at radius 2 is 0.717 bits per heavy atom. The van der Waals surface area contributed by atoms with E-state index >= 15 is 0 Å². The van der Waals surface area contributed by atoms with Crippen molar-refractivity contribution >= 4 is 11.8 Å². The normalized spacial score (nSPS) is 18.8. The van der Waals surface area contributed by atoms with Crippen molar-refractivity contribution in [2.45, 2.75) is 64.8 Å². The van der Waals surface area contributed by atoms with E-state index in [0.717, 1.165) is 55.6 Å². The molecule has 6 aromatic rings. The molecule has 53 heavy (non-hydrogen) atoms. The van der Waals surface area contributed by atoms with Crippen molar-refractivity contribution in [1.82, 2.24) is 0 Å². The van der Waals surface area contributed by atoms with Crippen LogP contribution >= 0.6 is 0 Å². The van der Waals surface area contributed by atoms with E-state index in [-0.39, 0.29) is 12.1 Å². The van der Waals surface area contributed by atoms with Crippen LogP contribution in [0.15, 0.2) is 168 Å². The zero-order chi connectivity index (χ0) is 36.8. The van der Waals surface area contributed by atoms with Crippen LogP contribution in [0.4, 0.5) is 0 Å². The van der Waals surface area contributed by atoms with Crippen LogP contribution in [0.1, 0.15) is 81.6 Å². The molecule has 0 bridgehead atoms. The molecular weight excluding hydrogens is 649 g/mol. The molecule has 264 valence electrons. The average molecular weight is 695 g/mol. The standard InChI is InChI=1S/C49H46N2O2/c1-33-17-13-25-39(29-33)48(40-26-14-18-34(2)30-40)43(37-21-9-7-10-22-37)50-45(52-48)47(5,6)46-51-44(38-23-11-8-12-24-38)49(53-46,41-27-15-19-35(3)31-41)42-28-16-20-36(4)32-42/h7-32,43-44H,1-6H3/t43-,44-/m1/s1. The van der Waals surface area contributed by atoms with Crippen LogP contribution < -0.4 is 0 Å². The molecule has 0 spiro atoms. The molecular formula is C49H46N2O2. The molecule has 2 aliphatic rings. The third-order valence-electron chi connectivity index (χ3n) is 10.9. The molecule has 4 heteroatoms. The molecule has 0 fully saturated rings. The van der Waals surface area contributed by atoms with Crippen LogP contribution in [0.25, 0.3) is 0 Å². The number of aliphatic imine (C=N–C) groups is 2. The first kappa shape index (κ1) is 34.4. The van der Waals surface area contributed by atoms with Crippen molar-refractivity contribution in [1.29, 1.82) is 0 Å². The van der Waals surface area contributed by atoms with Crippen LogP contribution in [-0.4, -0.2) is 11.8 Å². The van der Waals surface area contributed by atoms with Crippen molar-refractivity contribution < 1.29 is 9.47 Å². The first-order valence-corrected chi connectivity index (χ1v) is 18.5. The van der Waals surface area contributed by atoms with Gasteiger partial charge in [-0.3, -0.25) is 0 Å². The number of aryl methyl sites for hydroxylation is 4. The largest absolute Gasteiger partial charge is 0.461 e. The Morgan fingerprint density at radius 1 is 0.415 bits per heavy atom. The summed E-state index contributed by atoms with van der Waals surface area (Å²) in [6, 6.07) is 54.9. The first-order chi connectivity index (χ1) is 25.6. The lowest BCUT2D eigenvalue weighted by atomic mass is 9.77. The number of hydrogen-bond donors (Lipinski definition) is 0. The molecule has 0 amide bonds. The van der Waals surface area contributed by atoms with Gasteiger partial charge in [-0.05, 0) is 52.7 Å². The zero-order valence-corrected chi connectivity index (χ0v) is 31.4. The predicted octanol–water partition coefficient (Wildman–Crippen LogP) is 11.5. The predicted molar refractivity (Wildman–Crippen MR) is 215 cm³/mol. The Hall–Kier alpha value is -5.74. The lowest BCUT2D eigenvalue weighted by Crippen LogP contribution is -2.42. The molecule has 2 atom stereocenters. The van der Waals surface area contributed by atoms with E-state index in [1.165, 1.54) is 0 Å².